The van der Waals surface area contributed by atoms with Gasteiger partial charge in [-0.2, -0.15) is 0 Å². The first kappa shape index (κ1) is 18.2. The van der Waals surface area contributed by atoms with Crippen LogP contribution in [0, 0.1) is 5.92 Å². The van der Waals surface area contributed by atoms with Crippen molar-refractivity contribution in [1.82, 2.24) is 20.1 Å². The topological polar surface area (TPSA) is 85.8 Å². The number of hydrogen-bond acceptors (Lipinski definition) is 6. The molecule has 8 nitrogen and oxygen atoms in total. The van der Waals surface area contributed by atoms with E-state index in [1.807, 2.05) is 12.3 Å². The van der Waals surface area contributed by atoms with Crippen LogP contribution >= 0.6 is 11.3 Å². The van der Waals surface area contributed by atoms with Gasteiger partial charge in [0.25, 0.3) is 5.91 Å². The van der Waals surface area contributed by atoms with E-state index in [1.54, 1.807) is 22.4 Å². The van der Waals surface area contributed by atoms with Gasteiger partial charge in [-0.15, -0.1) is 11.3 Å². The number of hydrogen-bond donors (Lipinski definition) is 1. The van der Waals surface area contributed by atoms with Crippen LogP contribution in [0.4, 0.5) is 9.93 Å². The van der Waals surface area contributed by atoms with Gasteiger partial charge < -0.3 is 15.1 Å². The summed E-state index contributed by atoms with van der Waals surface area (Å²) < 4.78 is 0. The molecule has 1 aromatic heterocycles. The van der Waals surface area contributed by atoms with E-state index < -0.39 is 11.6 Å². The quantitative estimate of drug-likeness (QED) is 0.785. The molecular weight excluding hydrogens is 366 g/mol. The van der Waals surface area contributed by atoms with Gasteiger partial charge in [0.15, 0.2) is 5.13 Å². The number of nitrogens with zero attached hydrogens (tertiary/aromatic N) is 4. The SMILES string of the molecule is C[C@H]1CCCC[C@@]12NC(=O)N(CC(=O)N1CCN(c3nccs3)CC1)C2=O. The third kappa shape index (κ3) is 3.18. The third-order valence-electron chi connectivity index (χ3n) is 6.12. The van der Waals surface area contributed by atoms with Crippen molar-refractivity contribution >= 4 is 34.3 Å². The molecule has 27 heavy (non-hydrogen) atoms. The standard InChI is InChI=1S/C18H25N5O3S/c1-13-4-2-3-5-18(13)15(25)23(16(26)20-18)12-14(24)21-7-9-22(10-8-21)17-19-6-11-27-17/h6,11,13H,2-5,7-10,12H2,1H3,(H,20,26)/t13-,18+/m0/s1. The third-order valence-corrected chi connectivity index (χ3v) is 6.95. The predicted molar refractivity (Wildman–Crippen MR) is 102 cm³/mol. The summed E-state index contributed by atoms with van der Waals surface area (Å²) >= 11 is 1.58. The molecule has 3 heterocycles. The Balaban J connectivity index is 1.37. The molecule has 4 amide bonds. The van der Waals surface area contributed by atoms with E-state index in [2.05, 4.69) is 15.2 Å². The summed E-state index contributed by atoms with van der Waals surface area (Å²) in [6.45, 7) is 4.41. The smallest absolute Gasteiger partial charge is 0.325 e. The van der Waals surface area contributed by atoms with Gasteiger partial charge in [0.05, 0.1) is 0 Å². The van der Waals surface area contributed by atoms with Gasteiger partial charge in [-0.1, -0.05) is 19.8 Å². The molecule has 4 rings (SSSR count). The number of amides is 4. The number of nitrogens with one attached hydrogen (secondary N) is 1. The molecule has 1 spiro atoms. The molecule has 9 heteroatoms. The minimum absolute atomic E-state index is 0.102. The maximum Gasteiger partial charge on any atom is 0.325 e. The highest BCUT2D eigenvalue weighted by Gasteiger charge is 2.55. The lowest BCUT2D eigenvalue weighted by atomic mass is 9.73. The maximum absolute atomic E-state index is 13.0. The lowest BCUT2D eigenvalue weighted by molar-refractivity contribution is -0.140. The fraction of sp³-hybridized carbons (Fsp3) is 0.667. The monoisotopic (exact) mass is 391 g/mol. The highest BCUT2D eigenvalue weighted by Crippen LogP contribution is 2.38. The summed E-state index contributed by atoms with van der Waals surface area (Å²) in [7, 11) is 0. The summed E-state index contributed by atoms with van der Waals surface area (Å²) in [5, 5.41) is 5.80. The Kier molecular flexibility index (Phi) is 4.79. The first-order valence-electron chi connectivity index (χ1n) is 9.57. The van der Waals surface area contributed by atoms with Crippen LogP contribution in [-0.2, 0) is 9.59 Å². The van der Waals surface area contributed by atoms with Gasteiger partial charge in [0.2, 0.25) is 5.91 Å². The zero-order chi connectivity index (χ0) is 19.0. The highest BCUT2D eigenvalue weighted by molar-refractivity contribution is 7.13. The summed E-state index contributed by atoms with van der Waals surface area (Å²) in [6.07, 6.45) is 5.37. The van der Waals surface area contributed by atoms with Crippen molar-refractivity contribution in [1.29, 1.82) is 0 Å². The van der Waals surface area contributed by atoms with Crippen molar-refractivity contribution in [3.8, 4) is 0 Å². The molecule has 0 radical (unpaired) electrons. The number of imide groups is 1. The van der Waals surface area contributed by atoms with E-state index in [4.69, 9.17) is 0 Å². The number of aromatic nitrogens is 1. The Morgan fingerprint density at radius 2 is 2.07 bits per heavy atom. The fourth-order valence-corrected chi connectivity index (χ4v) is 5.09. The first-order chi connectivity index (χ1) is 13.0. The van der Waals surface area contributed by atoms with Crippen molar-refractivity contribution in [2.45, 2.75) is 38.1 Å². The van der Waals surface area contributed by atoms with Crippen LogP contribution in [0.2, 0.25) is 0 Å². The van der Waals surface area contributed by atoms with Crippen molar-refractivity contribution in [3.63, 3.8) is 0 Å². The normalized spacial score (nSPS) is 28.8. The van der Waals surface area contributed by atoms with Crippen LogP contribution in [0.1, 0.15) is 32.6 Å². The number of carbonyl (C=O) groups excluding carboxylic acids is 3. The van der Waals surface area contributed by atoms with Crippen LogP contribution in [0.25, 0.3) is 0 Å². The molecule has 1 N–H and O–H groups in total. The minimum atomic E-state index is -0.806. The van der Waals surface area contributed by atoms with Gasteiger partial charge in [-0.25, -0.2) is 9.78 Å². The summed E-state index contributed by atoms with van der Waals surface area (Å²) in [4.78, 5) is 47.5. The molecule has 3 fully saturated rings. The molecular formula is C18H25N5O3S. The fourth-order valence-electron chi connectivity index (χ4n) is 4.39. The van der Waals surface area contributed by atoms with Crippen LogP contribution < -0.4 is 10.2 Å². The first-order valence-corrected chi connectivity index (χ1v) is 10.5. The lowest BCUT2D eigenvalue weighted by Gasteiger charge is -2.37. The molecule has 1 aliphatic carbocycles. The van der Waals surface area contributed by atoms with E-state index in [-0.39, 0.29) is 24.3 Å². The average Bonchev–Trinajstić information content (AvgIpc) is 3.28. The van der Waals surface area contributed by atoms with Crippen molar-refractivity contribution in [3.05, 3.63) is 11.6 Å². The Morgan fingerprint density at radius 1 is 1.30 bits per heavy atom. The van der Waals surface area contributed by atoms with Gasteiger partial charge >= 0.3 is 6.03 Å². The maximum atomic E-state index is 13.0. The van der Waals surface area contributed by atoms with E-state index in [9.17, 15) is 14.4 Å². The van der Waals surface area contributed by atoms with Crippen molar-refractivity contribution in [2.24, 2.45) is 5.92 Å². The van der Waals surface area contributed by atoms with Gasteiger partial charge in [-0.3, -0.25) is 14.5 Å². The number of piperazine rings is 1. The van der Waals surface area contributed by atoms with E-state index in [0.717, 1.165) is 29.3 Å². The average molecular weight is 391 g/mol. The van der Waals surface area contributed by atoms with Crippen LogP contribution in [-0.4, -0.2) is 70.9 Å². The molecule has 3 aliphatic rings. The molecule has 146 valence electrons. The number of rotatable bonds is 3. The summed E-state index contributed by atoms with van der Waals surface area (Å²) in [6, 6.07) is -0.427. The van der Waals surface area contributed by atoms with Crippen LogP contribution in [0.15, 0.2) is 11.6 Å². The Hall–Kier alpha value is -2.16. The second-order valence-electron chi connectivity index (χ2n) is 7.62. The number of carbonyl (C=O) groups is 3. The molecule has 2 saturated heterocycles. The van der Waals surface area contributed by atoms with E-state index in [0.29, 0.717) is 32.6 Å². The lowest BCUT2D eigenvalue weighted by Crippen LogP contribution is -2.54. The van der Waals surface area contributed by atoms with Crippen molar-refractivity contribution in [2.75, 3.05) is 37.6 Å². The Morgan fingerprint density at radius 3 is 2.74 bits per heavy atom. The molecule has 0 aromatic carbocycles. The van der Waals surface area contributed by atoms with Crippen LogP contribution in [0.5, 0.6) is 0 Å². The molecule has 2 atom stereocenters. The zero-order valence-corrected chi connectivity index (χ0v) is 16.3. The van der Waals surface area contributed by atoms with Gasteiger partial charge in [-0.05, 0) is 18.8 Å². The van der Waals surface area contributed by atoms with Gasteiger partial charge in [0.1, 0.15) is 12.1 Å². The molecule has 1 saturated carbocycles. The molecule has 0 bridgehead atoms. The van der Waals surface area contributed by atoms with Crippen molar-refractivity contribution < 1.29 is 14.4 Å². The second-order valence-corrected chi connectivity index (χ2v) is 8.50. The van der Waals surface area contributed by atoms with Gasteiger partial charge in [0, 0.05) is 37.8 Å². The zero-order valence-electron chi connectivity index (χ0n) is 15.5. The van der Waals surface area contributed by atoms with E-state index in [1.165, 1.54) is 0 Å². The molecule has 2 aliphatic heterocycles. The number of thiazole rings is 1. The van der Waals surface area contributed by atoms with Crippen LogP contribution in [0.3, 0.4) is 0 Å². The second kappa shape index (κ2) is 7.10. The molecule has 1 aromatic rings. The highest BCUT2D eigenvalue weighted by atomic mass is 32.1. The molecule has 0 unspecified atom stereocenters. The van der Waals surface area contributed by atoms with E-state index >= 15 is 0 Å². The predicted octanol–water partition coefficient (Wildman–Crippen LogP) is 1.29. The largest absolute Gasteiger partial charge is 0.345 e. The summed E-state index contributed by atoms with van der Waals surface area (Å²) in [5.41, 5.74) is -0.806. The Bertz CT molecular complexity index is 731. The summed E-state index contributed by atoms with van der Waals surface area (Å²) in [5.74, 6) is -0.295. The number of urea groups is 1. The number of anilines is 1. The Labute approximate surface area is 162 Å². The minimum Gasteiger partial charge on any atom is -0.345 e.